The molecule has 1 spiro atoms. The molecular weight excluding hydrogens is 1490 g/mol. The number of carbonyl (C=O) groups excluding carboxylic acids is 12. The highest BCUT2D eigenvalue weighted by Crippen LogP contribution is 2.40. The number of nitrogens with two attached hydrogens (primary N) is 2. The van der Waals surface area contributed by atoms with E-state index in [4.69, 9.17) is 11.5 Å². The molecule has 3 aliphatic heterocycles. The van der Waals surface area contributed by atoms with Crippen LogP contribution in [0.3, 0.4) is 0 Å². The Balaban J connectivity index is 1.01. The van der Waals surface area contributed by atoms with Crippen molar-refractivity contribution in [3.05, 3.63) is 84.6 Å². The van der Waals surface area contributed by atoms with Gasteiger partial charge in [-0.2, -0.15) is 11.8 Å². The van der Waals surface area contributed by atoms with Gasteiger partial charge in [0.1, 0.15) is 54.4 Å². The van der Waals surface area contributed by atoms with Crippen molar-refractivity contribution in [1.82, 2.24) is 86.9 Å². The van der Waals surface area contributed by atoms with Crippen LogP contribution in [-0.2, 0) is 84.8 Å². The second kappa shape index (κ2) is 43.3. The van der Waals surface area contributed by atoms with E-state index in [1.165, 1.54) is 36.1 Å². The number of aliphatic carboxylic acids is 3. The number of piperidine rings is 1. The van der Waals surface area contributed by atoms with Crippen LogP contribution in [0.5, 0.6) is 0 Å². The fourth-order valence-corrected chi connectivity index (χ4v) is 14.3. The number of para-hydroxylation sites is 2. The number of likely N-dealkylation sites (tertiary alicyclic amines) is 1. The predicted octanol–water partition coefficient (Wildman–Crippen LogP) is -3.45. The minimum absolute atomic E-state index is 0.0939. The molecule has 0 saturated carbocycles. The largest absolute Gasteiger partial charge is 0.480 e. The van der Waals surface area contributed by atoms with Crippen LogP contribution in [0.1, 0.15) is 84.4 Å². The van der Waals surface area contributed by atoms with E-state index in [1.807, 2.05) is 29.9 Å². The van der Waals surface area contributed by atoms with Crippen molar-refractivity contribution >= 4 is 117 Å². The van der Waals surface area contributed by atoms with Crippen molar-refractivity contribution in [2.75, 3.05) is 128 Å². The Bertz CT molecular complexity index is 3940. The number of nitrogens with zero attached hydrogens (tertiary/aromatic N) is 8. The number of aromatic amines is 2. The number of benzene rings is 2. The van der Waals surface area contributed by atoms with Crippen LogP contribution in [0.15, 0.2) is 73.3 Å². The van der Waals surface area contributed by atoms with E-state index in [-0.39, 0.29) is 155 Å². The average molecular weight is 1600 g/mol. The number of carboxylic acid groups (broad SMARTS) is 3. The van der Waals surface area contributed by atoms with Gasteiger partial charge in [-0.1, -0.05) is 64.1 Å². The standard InChI is InChI=1S/C74H108N20O18S/c1-45(2)32-55(70(109)84-53(66(76)105)18-31-113-6)85-71(110)57(34-49-36-77-43-80-49)83-59(96)37-79-72(111)65(46(3)4)87-67(106)47(5)81-69(108)56(33-48-35-78-52-15-11-10-14-51(48)52)86-68(107)54(16-17-58(75)95)82-60(97)38-93-44-94(50-12-8-7-9-13-50)74(73(93)112)19-21-92(22-20-74)61(98)39-88-23-25-89(40-62(99)100)27-29-91(42-64(103)104)30-28-90(26-24-88)41-63(101)102/h7-15,35-36,43,45-47,53-57,65,78H,16-34,37-42,44H2,1-6H3,(H2,75,95)(H2,76,105)(H,77,80)(H,79,111)(H,81,108)(H,82,97)(H,83,96)(H,84,109)(H,85,110)(H,86,107)(H,87,106)(H,99,100)(H,101,102)(H,103,104)/t47-,53-,54-,55-,56-,57-,65-/m0/s1. The molecule has 0 aliphatic carbocycles. The SMILES string of the molecule is CSCC[C@H](NC(=O)[C@H](CC(C)C)NC(=O)[C@H](Cc1cnc[nH]1)NC(=O)CNC(=O)[C@@H](NC(=O)[C@H](C)NC(=O)[C@H](Cc1c[nH]c2ccccc12)NC(=O)[C@H](CCC(N)=O)NC(=O)CN1CN(c2ccccc2)C2(CCN(C(=O)CN3CCN(CC(=O)O)CCN(CC(=O)O)CCN(CC(=O)O)CC3)CC2)C1=O)C(C)C)C(N)=O. The highest BCUT2D eigenvalue weighted by atomic mass is 32.2. The monoisotopic (exact) mass is 1600 g/mol. The highest BCUT2D eigenvalue weighted by Gasteiger charge is 2.55. The highest BCUT2D eigenvalue weighted by molar-refractivity contribution is 7.98. The summed E-state index contributed by atoms with van der Waals surface area (Å²) in [7, 11) is 0. The van der Waals surface area contributed by atoms with Gasteiger partial charge in [0.25, 0.3) is 5.91 Å². The second-order valence-corrected chi connectivity index (χ2v) is 30.4. The Morgan fingerprint density at radius 3 is 1.65 bits per heavy atom. The molecule has 0 radical (unpaired) electrons. The molecule has 4 aromatic rings. The summed E-state index contributed by atoms with van der Waals surface area (Å²) in [5, 5.41) is 50.8. The van der Waals surface area contributed by atoms with Crippen LogP contribution in [0.2, 0.25) is 0 Å². The van der Waals surface area contributed by atoms with Crippen molar-refractivity contribution in [2.45, 2.75) is 134 Å². The van der Waals surface area contributed by atoms with E-state index >= 15 is 4.79 Å². The third-order valence-electron chi connectivity index (χ3n) is 20.0. The first-order chi connectivity index (χ1) is 53.7. The molecule has 618 valence electrons. The summed E-state index contributed by atoms with van der Waals surface area (Å²) in [6.07, 6.45) is 5.78. The maximum atomic E-state index is 15.1. The minimum atomic E-state index is -1.54. The Labute approximate surface area is 658 Å². The van der Waals surface area contributed by atoms with E-state index in [9.17, 15) is 82.4 Å². The third kappa shape index (κ3) is 27.5. The number of fused-ring (bicyclic) bond motifs is 1. The summed E-state index contributed by atoms with van der Waals surface area (Å²) in [5.41, 5.74) is 12.2. The number of H-pyrrole nitrogens is 2. The molecule has 5 heterocycles. The zero-order valence-corrected chi connectivity index (χ0v) is 65.4. The summed E-state index contributed by atoms with van der Waals surface area (Å²) in [5.74, 6) is -12.5. The van der Waals surface area contributed by atoms with Gasteiger partial charge in [0.15, 0.2) is 0 Å². The number of imidazole rings is 1. The van der Waals surface area contributed by atoms with Crippen LogP contribution in [-0.4, -0.2) is 320 Å². The molecule has 113 heavy (non-hydrogen) atoms. The Kier molecular flexibility index (Phi) is 34.3. The van der Waals surface area contributed by atoms with E-state index in [1.54, 1.807) is 94.2 Å². The molecule has 3 saturated heterocycles. The maximum absolute atomic E-state index is 15.1. The zero-order chi connectivity index (χ0) is 82.6. The van der Waals surface area contributed by atoms with Gasteiger partial charge in [-0.15, -0.1) is 0 Å². The number of rotatable bonds is 40. The van der Waals surface area contributed by atoms with Crippen LogP contribution >= 0.6 is 11.8 Å². The van der Waals surface area contributed by atoms with Gasteiger partial charge >= 0.3 is 17.9 Å². The molecule has 39 heteroatoms. The number of hydrogen-bond acceptors (Lipinski definition) is 22. The number of carboxylic acids is 3. The number of amides is 12. The van der Waals surface area contributed by atoms with Crippen molar-refractivity contribution in [3.8, 4) is 0 Å². The van der Waals surface area contributed by atoms with Crippen molar-refractivity contribution in [3.63, 3.8) is 0 Å². The smallest absolute Gasteiger partial charge is 0.317 e. The minimum Gasteiger partial charge on any atom is -0.480 e. The molecular formula is C74H108N20O18S. The van der Waals surface area contributed by atoms with Gasteiger partial charge < -0.3 is 94.0 Å². The Morgan fingerprint density at radius 1 is 0.566 bits per heavy atom. The summed E-state index contributed by atoms with van der Waals surface area (Å²) < 4.78 is 0. The Morgan fingerprint density at radius 2 is 1.10 bits per heavy atom. The van der Waals surface area contributed by atoms with Crippen molar-refractivity contribution < 1.29 is 87.2 Å². The van der Waals surface area contributed by atoms with Gasteiger partial charge in [0.2, 0.25) is 65.0 Å². The van der Waals surface area contributed by atoms with Crippen molar-refractivity contribution in [2.24, 2.45) is 23.3 Å². The number of thioether (sulfide) groups is 1. The first-order valence-corrected chi connectivity index (χ1v) is 39.0. The molecule has 12 amide bonds. The Hall–Kier alpha value is -10.8. The average Bonchev–Trinajstić information content (AvgIpc) is 1.60. The number of anilines is 1. The quantitative estimate of drug-likeness (QED) is 0.0206. The van der Waals surface area contributed by atoms with E-state index in [0.29, 0.717) is 33.6 Å². The molecule has 0 bridgehead atoms. The lowest BCUT2D eigenvalue weighted by molar-refractivity contribution is -0.141. The number of hydrogen-bond donors (Lipinski definition) is 15. The summed E-state index contributed by atoms with van der Waals surface area (Å²) in [6.45, 7) is 7.40. The molecule has 3 fully saturated rings. The molecule has 0 unspecified atom stereocenters. The van der Waals surface area contributed by atoms with E-state index in [0.717, 1.165) is 0 Å². The fourth-order valence-electron chi connectivity index (χ4n) is 13.8. The molecule has 7 atom stereocenters. The van der Waals surface area contributed by atoms with Crippen LogP contribution in [0, 0.1) is 11.8 Å². The van der Waals surface area contributed by atoms with Crippen LogP contribution in [0.25, 0.3) is 10.9 Å². The fraction of sp³-hybridized carbons (Fsp3) is 0.568. The van der Waals surface area contributed by atoms with E-state index in [2.05, 4.69) is 57.5 Å². The summed E-state index contributed by atoms with van der Waals surface area (Å²) >= 11 is 1.45. The lowest BCUT2D eigenvalue weighted by atomic mass is 9.85. The molecule has 3 aliphatic rings. The van der Waals surface area contributed by atoms with E-state index < -0.39 is 156 Å². The van der Waals surface area contributed by atoms with Crippen molar-refractivity contribution in [1.29, 1.82) is 0 Å². The number of aromatic nitrogens is 3. The lowest BCUT2D eigenvalue weighted by Gasteiger charge is -2.43. The van der Waals surface area contributed by atoms with Gasteiger partial charge in [0.05, 0.1) is 45.7 Å². The summed E-state index contributed by atoms with van der Waals surface area (Å²) in [6, 6.07) is 6.85. The first kappa shape index (κ1) is 89.4. The zero-order valence-electron chi connectivity index (χ0n) is 64.6. The van der Waals surface area contributed by atoms with Gasteiger partial charge in [-0.25, -0.2) is 4.98 Å². The lowest BCUT2D eigenvalue weighted by Crippen LogP contribution is -2.59. The second-order valence-electron chi connectivity index (χ2n) is 29.4. The number of primary amides is 2. The maximum Gasteiger partial charge on any atom is 0.317 e. The molecule has 7 rings (SSSR count). The molecule has 2 aromatic heterocycles. The van der Waals surface area contributed by atoms with Crippen LogP contribution < -0.4 is 58.9 Å². The molecule has 38 nitrogen and oxygen atoms in total. The van der Waals surface area contributed by atoms with Gasteiger partial charge in [-0.05, 0) is 86.6 Å². The first-order valence-electron chi connectivity index (χ1n) is 37.6. The topological polar surface area (TPSA) is 532 Å². The summed E-state index contributed by atoms with van der Waals surface area (Å²) in [4.78, 5) is 224. The van der Waals surface area contributed by atoms with Gasteiger partial charge in [0, 0.05) is 119 Å². The molecule has 17 N–H and O–H groups in total. The number of nitrogens with one attached hydrogen (secondary N) is 10. The van der Waals surface area contributed by atoms with Crippen LogP contribution in [0.4, 0.5) is 5.69 Å². The number of carbonyl (C=O) groups is 15. The predicted molar refractivity (Wildman–Crippen MR) is 414 cm³/mol. The van der Waals surface area contributed by atoms with Gasteiger partial charge in [-0.3, -0.25) is 91.5 Å². The molecule has 2 aromatic carbocycles. The third-order valence-corrected chi connectivity index (χ3v) is 20.6. The normalized spacial score (nSPS) is 17.3.